The molecule has 27 heavy (non-hydrogen) atoms. The van der Waals surface area contributed by atoms with Crippen molar-refractivity contribution in [1.82, 2.24) is 0 Å². The monoisotopic (exact) mass is 360 g/mol. The molecule has 0 atom stereocenters. The molecule has 0 amide bonds. The second-order valence-electron chi connectivity index (χ2n) is 11.3. The van der Waals surface area contributed by atoms with Crippen molar-refractivity contribution >= 4 is 0 Å². The second kappa shape index (κ2) is 5.19. The van der Waals surface area contributed by atoms with Crippen LogP contribution in [0.1, 0.15) is 70.4 Å². The summed E-state index contributed by atoms with van der Waals surface area (Å²) in [6.07, 6.45) is 7.77. The van der Waals surface area contributed by atoms with E-state index in [1.165, 1.54) is 49.7 Å². The summed E-state index contributed by atoms with van der Waals surface area (Å²) in [5, 5.41) is 11.5. The first-order valence-corrected chi connectivity index (χ1v) is 10.5. The summed E-state index contributed by atoms with van der Waals surface area (Å²) in [6.45, 7) is 9.73. The maximum Gasteiger partial charge on any atom is 0.127 e. The lowest BCUT2D eigenvalue weighted by Gasteiger charge is -2.69. The Bertz CT molecular complexity index is 856. The highest BCUT2D eigenvalue weighted by Crippen LogP contribution is 2.74. The Morgan fingerprint density at radius 3 is 1.78 bits per heavy atom. The van der Waals surface area contributed by atoms with Gasteiger partial charge in [0.25, 0.3) is 0 Å². The molecule has 1 heteroatoms. The Kier molecular flexibility index (Phi) is 3.33. The molecule has 2 aromatic carbocycles. The van der Waals surface area contributed by atoms with Crippen LogP contribution in [0.15, 0.2) is 42.5 Å². The molecule has 2 aromatic rings. The van der Waals surface area contributed by atoms with Crippen LogP contribution in [0.2, 0.25) is 0 Å². The lowest BCUT2D eigenvalue weighted by Crippen LogP contribution is -2.60. The lowest BCUT2D eigenvalue weighted by atomic mass is 9.35. The molecule has 4 aliphatic carbocycles. The van der Waals surface area contributed by atoms with Gasteiger partial charge in [-0.2, -0.15) is 0 Å². The molecule has 6 rings (SSSR count). The summed E-state index contributed by atoms with van der Waals surface area (Å²) >= 11 is 0. The third-order valence-electron chi connectivity index (χ3n) is 7.77. The van der Waals surface area contributed by atoms with Crippen molar-refractivity contribution in [1.29, 1.82) is 0 Å². The molecule has 4 fully saturated rings. The van der Waals surface area contributed by atoms with Crippen molar-refractivity contribution < 1.29 is 5.11 Å². The number of rotatable bonds is 2. The molecular weight excluding hydrogens is 328 g/mol. The zero-order valence-corrected chi connectivity index (χ0v) is 17.2. The van der Waals surface area contributed by atoms with Gasteiger partial charge in [-0.05, 0) is 78.9 Å². The Morgan fingerprint density at radius 1 is 0.741 bits per heavy atom. The quantitative estimate of drug-likeness (QED) is 0.611. The van der Waals surface area contributed by atoms with E-state index >= 15 is 0 Å². The molecule has 0 saturated heterocycles. The van der Waals surface area contributed by atoms with Gasteiger partial charge in [0.05, 0.1) is 0 Å². The van der Waals surface area contributed by atoms with Crippen LogP contribution >= 0.6 is 0 Å². The number of phenolic OH excluding ortho intramolecular Hbond substituents is 1. The molecule has 0 spiro atoms. The number of hydrogen-bond donors (Lipinski definition) is 1. The smallest absolute Gasteiger partial charge is 0.127 e. The zero-order chi connectivity index (χ0) is 19.1. The van der Waals surface area contributed by atoms with Gasteiger partial charge < -0.3 is 5.11 Å². The Balaban J connectivity index is 1.70. The minimum Gasteiger partial charge on any atom is -0.507 e. The third-order valence-corrected chi connectivity index (χ3v) is 7.77. The number of aryl methyl sites for hydroxylation is 1. The van der Waals surface area contributed by atoms with E-state index in [1.54, 1.807) is 0 Å². The summed E-state index contributed by atoms with van der Waals surface area (Å²) < 4.78 is 0. The second-order valence-corrected chi connectivity index (χ2v) is 11.3. The number of benzene rings is 2. The van der Waals surface area contributed by atoms with Gasteiger partial charge in [-0.3, -0.25) is 0 Å². The fraction of sp³-hybridized carbons (Fsp3) is 0.538. The minimum absolute atomic E-state index is 0.132. The largest absolute Gasteiger partial charge is 0.507 e. The van der Waals surface area contributed by atoms with Crippen molar-refractivity contribution in [2.75, 3.05) is 0 Å². The van der Waals surface area contributed by atoms with Gasteiger partial charge >= 0.3 is 0 Å². The Labute approximate surface area is 163 Å². The van der Waals surface area contributed by atoms with Gasteiger partial charge in [-0.25, -0.2) is 0 Å². The standard InChI is InChI=1S/C26H32O/c1-18-10-20(19-8-6-5-7-9-19)22(27)21(11-18)26-15-23(2)12-24(3,16-26)14-25(4,13-23)17-26/h5-11,27H,12-17H2,1-4H3. The van der Waals surface area contributed by atoms with Gasteiger partial charge in [-0.15, -0.1) is 0 Å². The van der Waals surface area contributed by atoms with E-state index in [1.807, 2.05) is 6.07 Å². The summed E-state index contributed by atoms with van der Waals surface area (Å²) in [4.78, 5) is 0. The molecule has 1 N–H and O–H groups in total. The number of hydrogen-bond acceptors (Lipinski definition) is 1. The highest BCUT2D eigenvalue weighted by molar-refractivity contribution is 5.73. The average Bonchev–Trinajstić information content (AvgIpc) is 2.53. The van der Waals surface area contributed by atoms with Crippen LogP contribution in [0.5, 0.6) is 5.75 Å². The van der Waals surface area contributed by atoms with Gasteiger partial charge in [0.2, 0.25) is 0 Å². The van der Waals surface area contributed by atoms with E-state index in [2.05, 4.69) is 64.1 Å². The van der Waals surface area contributed by atoms with Gasteiger partial charge in [-0.1, -0.05) is 57.2 Å². The lowest BCUT2D eigenvalue weighted by molar-refractivity contribution is -0.152. The third kappa shape index (κ3) is 2.57. The summed E-state index contributed by atoms with van der Waals surface area (Å²) in [5.74, 6) is 0.532. The van der Waals surface area contributed by atoms with Crippen molar-refractivity contribution in [3.63, 3.8) is 0 Å². The van der Waals surface area contributed by atoms with E-state index < -0.39 is 0 Å². The van der Waals surface area contributed by atoms with E-state index in [9.17, 15) is 5.11 Å². The molecule has 4 bridgehead atoms. The van der Waals surface area contributed by atoms with E-state index in [-0.39, 0.29) is 5.41 Å². The van der Waals surface area contributed by atoms with Crippen molar-refractivity contribution in [3.8, 4) is 16.9 Å². The van der Waals surface area contributed by atoms with E-state index in [0.29, 0.717) is 22.0 Å². The molecular formula is C26H32O. The normalized spacial score (nSPS) is 39.7. The Hall–Kier alpha value is -1.76. The maximum absolute atomic E-state index is 11.5. The summed E-state index contributed by atoms with van der Waals surface area (Å²) in [6, 6.07) is 14.8. The number of aromatic hydroxyl groups is 1. The molecule has 4 aliphatic rings. The van der Waals surface area contributed by atoms with Crippen LogP contribution in [0, 0.1) is 23.2 Å². The van der Waals surface area contributed by atoms with Crippen molar-refractivity contribution in [2.45, 2.75) is 71.6 Å². The molecule has 0 heterocycles. The fourth-order valence-corrected chi connectivity index (χ4v) is 8.60. The van der Waals surface area contributed by atoms with Gasteiger partial charge in [0.1, 0.15) is 5.75 Å². The summed E-state index contributed by atoms with van der Waals surface area (Å²) in [7, 11) is 0. The highest BCUT2D eigenvalue weighted by Gasteiger charge is 2.64. The zero-order valence-electron chi connectivity index (χ0n) is 17.2. The van der Waals surface area contributed by atoms with Crippen LogP contribution in [-0.4, -0.2) is 5.11 Å². The number of phenols is 1. The molecule has 0 radical (unpaired) electrons. The maximum atomic E-state index is 11.5. The van der Waals surface area contributed by atoms with Crippen LogP contribution < -0.4 is 0 Å². The van der Waals surface area contributed by atoms with Crippen LogP contribution in [0.3, 0.4) is 0 Å². The SMILES string of the molecule is Cc1cc(-c2ccccc2)c(O)c(C23CC4(C)CC(C)(CC(C)(C4)C2)C3)c1. The molecule has 0 aliphatic heterocycles. The van der Waals surface area contributed by atoms with Gasteiger partial charge in [0.15, 0.2) is 0 Å². The first kappa shape index (κ1) is 17.3. The Morgan fingerprint density at radius 2 is 1.26 bits per heavy atom. The predicted molar refractivity (Wildman–Crippen MR) is 112 cm³/mol. The summed E-state index contributed by atoms with van der Waals surface area (Å²) in [5.41, 5.74) is 5.99. The van der Waals surface area contributed by atoms with Crippen LogP contribution in [-0.2, 0) is 5.41 Å². The van der Waals surface area contributed by atoms with Crippen LogP contribution in [0.4, 0.5) is 0 Å². The van der Waals surface area contributed by atoms with E-state index in [0.717, 1.165) is 11.1 Å². The van der Waals surface area contributed by atoms with Crippen LogP contribution in [0.25, 0.3) is 11.1 Å². The predicted octanol–water partition coefficient (Wildman–Crippen LogP) is 7.01. The van der Waals surface area contributed by atoms with Gasteiger partial charge in [0, 0.05) is 16.5 Å². The molecule has 0 aromatic heterocycles. The fourth-order valence-electron chi connectivity index (χ4n) is 8.60. The first-order chi connectivity index (χ1) is 12.6. The van der Waals surface area contributed by atoms with Crippen molar-refractivity contribution in [2.24, 2.45) is 16.2 Å². The average molecular weight is 361 g/mol. The highest BCUT2D eigenvalue weighted by atomic mass is 16.3. The molecule has 4 saturated carbocycles. The first-order valence-electron chi connectivity index (χ1n) is 10.5. The van der Waals surface area contributed by atoms with E-state index in [4.69, 9.17) is 0 Å². The molecule has 142 valence electrons. The van der Waals surface area contributed by atoms with Crippen molar-refractivity contribution in [3.05, 3.63) is 53.6 Å². The molecule has 1 nitrogen and oxygen atoms in total. The minimum atomic E-state index is 0.132. The molecule has 0 unspecified atom stereocenters. The topological polar surface area (TPSA) is 20.2 Å².